The van der Waals surface area contributed by atoms with Crippen LogP contribution >= 0.6 is 0 Å². The molecule has 114 valence electrons. The summed E-state index contributed by atoms with van der Waals surface area (Å²) in [5, 5.41) is 12.3. The van der Waals surface area contributed by atoms with E-state index in [-0.39, 0.29) is 11.6 Å². The molecule has 0 bridgehead atoms. The first-order chi connectivity index (χ1) is 9.84. The van der Waals surface area contributed by atoms with Crippen molar-refractivity contribution in [3.8, 4) is 0 Å². The van der Waals surface area contributed by atoms with Gasteiger partial charge in [0.15, 0.2) is 0 Å². The number of aliphatic carboxylic acids is 1. The Morgan fingerprint density at radius 3 is 2.52 bits per heavy atom. The third-order valence-corrected chi connectivity index (χ3v) is 4.12. The average Bonchev–Trinajstić information content (AvgIpc) is 2.45. The van der Waals surface area contributed by atoms with Gasteiger partial charge in [-0.2, -0.15) is 0 Å². The number of nitrogens with one attached hydrogen (secondary N) is 1. The van der Waals surface area contributed by atoms with Gasteiger partial charge in [-0.15, -0.1) is 0 Å². The number of hydrogen-bond donors (Lipinski definition) is 2. The molecule has 5 nitrogen and oxygen atoms in total. The van der Waals surface area contributed by atoms with Gasteiger partial charge in [-0.25, -0.2) is 9.59 Å². The Labute approximate surface area is 125 Å². The topological polar surface area (TPSA) is 69.6 Å². The summed E-state index contributed by atoms with van der Waals surface area (Å²) in [4.78, 5) is 25.4. The van der Waals surface area contributed by atoms with Crippen LogP contribution < -0.4 is 5.32 Å². The second-order valence-corrected chi connectivity index (χ2v) is 6.12. The molecular weight excluding hydrogens is 268 g/mol. The predicted molar refractivity (Wildman–Crippen MR) is 80.0 cm³/mol. The van der Waals surface area contributed by atoms with Crippen LogP contribution in [0.15, 0.2) is 24.3 Å². The van der Waals surface area contributed by atoms with Crippen molar-refractivity contribution in [1.29, 1.82) is 0 Å². The fraction of sp³-hybridized carbons (Fsp3) is 0.500. The summed E-state index contributed by atoms with van der Waals surface area (Å²) in [6, 6.07) is 6.55. The molecule has 0 saturated carbocycles. The summed E-state index contributed by atoms with van der Waals surface area (Å²) < 4.78 is 0. The van der Waals surface area contributed by atoms with E-state index < -0.39 is 12.0 Å². The smallest absolute Gasteiger partial charge is 0.326 e. The van der Waals surface area contributed by atoms with Crippen LogP contribution in [0, 0.1) is 0 Å². The quantitative estimate of drug-likeness (QED) is 0.898. The Bertz CT molecular complexity index is 554. The number of rotatable bonds is 3. The molecule has 0 saturated heterocycles. The van der Waals surface area contributed by atoms with E-state index >= 15 is 0 Å². The molecule has 1 unspecified atom stereocenters. The lowest BCUT2D eigenvalue weighted by Gasteiger charge is -2.37. The van der Waals surface area contributed by atoms with Crippen LogP contribution in [0.2, 0.25) is 0 Å². The third kappa shape index (κ3) is 3.35. The third-order valence-electron chi connectivity index (χ3n) is 4.12. The maximum Gasteiger partial charge on any atom is 0.326 e. The number of carboxylic acid groups (broad SMARTS) is 1. The van der Waals surface area contributed by atoms with Crippen molar-refractivity contribution in [2.75, 3.05) is 0 Å². The van der Waals surface area contributed by atoms with Gasteiger partial charge in [-0.05, 0) is 31.4 Å². The fourth-order valence-corrected chi connectivity index (χ4v) is 2.41. The molecular formula is C16H22N2O3. The molecule has 0 aromatic heterocycles. The van der Waals surface area contributed by atoms with E-state index in [1.807, 2.05) is 45.0 Å². The average molecular weight is 290 g/mol. The lowest BCUT2D eigenvalue weighted by Crippen LogP contribution is -2.56. The molecule has 2 rings (SSSR count). The molecule has 21 heavy (non-hydrogen) atoms. The molecule has 1 atom stereocenters. The van der Waals surface area contributed by atoms with E-state index in [1.165, 1.54) is 4.90 Å². The normalized spacial score (nSPS) is 18.0. The van der Waals surface area contributed by atoms with Crippen molar-refractivity contribution < 1.29 is 14.7 Å². The lowest BCUT2D eigenvalue weighted by molar-refractivity contribution is -0.142. The highest BCUT2D eigenvalue weighted by Crippen LogP contribution is 2.24. The van der Waals surface area contributed by atoms with Gasteiger partial charge < -0.3 is 15.3 Å². The largest absolute Gasteiger partial charge is 0.480 e. The fourth-order valence-electron chi connectivity index (χ4n) is 2.41. The summed E-state index contributed by atoms with van der Waals surface area (Å²) in [6.45, 7) is 6.18. The van der Waals surface area contributed by atoms with Gasteiger partial charge in [0.05, 0.1) is 0 Å². The predicted octanol–water partition coefficient (Wildman–Crippen LogP) is 2.40. The van der Waals surface area contributed by atoms with Crippen molar-refractivity contribution in [1.82, 2.24) is 10.2 Å². The van der Waals surface area contributed by atoms with E-state index in [0.29, 0.717) is 13.0 Å². The summed E-state index contributed by atoms with van der Waals surface area (Å²) in [5.41, 5.74) is 1.67. The lowest BCUT2D eigenvalue weighted by atomic mass is 9.94. The highest BCUT2D eigenvalue weighted by atomic mass is 16.4. The molecule has 1 aromatic carbocycles. The molecule has 0 fully saturated rings. The molecule has 0 radical (unpaired) electrons. The van der Waals surface area contributed by atoms with Crippen molar-refractivity contribution in [2.24, 2.45) is 0 Å². The number of amides is 2. The van der Waals surface area contributed by atoms with Crippen molar-refractivity contribution in [3.05, 3.63) is 35.4 Å². The van der Waals surface area contributed by atoms with Crippen molar-refractivity contribution in [2.45, 2.75) is 51.7 Å². The molecule has 2 amide bonds. The first-order valence-corrected chi connectivity index (χ1v) is 7.22. The molecule has 0 aliphatic carbocycles. The summed E-state index contributed by atoms with van der Waals surface area (Å²) in [7, 11) is 0. The number of fused-ring (bicyclic) bond motifs is 1. The van der Waals surface area contributed by atoms with Crippen LogP contribution in [0.5, 0.6) is 0 Å². The molecule has 1 heterocycles. The van der Waals surface area contributed by atoms with Crippen LogP contribution in [0.4, 0.5) is 4.79 Å². The standard InChI is InChI=1S/C16H22N2O3/c1-4-16(2,3)17-15(21)18-10-12-8-6-5-7-11(12)9-13(18)14(19)20/h5-8,13H,4,9-10H2,1-3H3,(H,17,21)(H,19,20). The Morgan fingerprint density at radius 2 is 1.95 bits per heavy atom. The van der Waals surface area contributed by atoms with Crippen molar-refractivity contribution >= 4 is 12.0 Å². The van der Waals surface area contributed by atoms with E-state index in [4.69, 9.17) is 0 Å². The molecule has 2 N–H and O–H groups in total. The van der Waals surface area contributed by atoms with E-state index in [2.05, 4.69) is 5.32 Å². The summed E-state index contributed by atoms with van der Waals surface area (Å²) in [5.74, 6) is -0.964. The first-order valence-electron chi connectivity index (χ1n) is 7.22. The summed E-state index contributed by atoms with van der Waals surface area (Å²) in [6.07, 6.45) is 1.13. The molecule has 1 aromatic rings. The van der Waals surface area contributed by atoms with Crippen LogP contribution in [-0.4, -0.2) is 33.6 Å². The highest BCUT2D eigenvalue weighted by molar-refractivity contribution is 5.84. The Hall–Kier alpha value is -2.04. The van der Waals surface area contributed by atoms with Crippen LogP contribution in [0.3, 0.4) is 0 Å². The Kier molecular flexibility index (Phi) is 4.21. The van der Waals surface area contributed by atoms with E-state index in [0.717, 1.165) is 17.5 Å². The van der Waals surface area contributed by atoms with Crippen LogP contribution in [0.1, 0.15) is 38.3 Å². The maximum absolute atomic E-state index is 12.4. The number of hydrogen-bond acceptors (Lipinski definition) is 2. The second kappa shape index (κ2) is 5.76. The number of benzene rings is 1. The zero-order valence-electron chi connectivity index (χ0n) is 12.7. The minimum Gasteiger partial charge on any atom is -0.480 e. The van der Waals surface area contributed by atoms with Gasteiger partial charge in [-0.3, -0.25) is 0 Å². The zero-order valence-corrected chi connectivity index (χ0v) is 12.7. The SMILES string of the molecule is CCC(C)(C)NC(=O)N1Cc2ccccc2CC1C(=O)O. The molecule has 1 aliphatic rings. The van der Waals surface area contributed by atoms with Gasteiger partial charge in [0.2, 0.25) is 0 Å². The van der Waals surface area contributed by atoms with Gasteiger partial charge >= 0.3 is 12.0 Å². The van der Waals surface area contributed by atoms with Crippen LogP contribution in [-0.2, 0) is 17.8 Å². The Morgan fingerprint density at radius 1 is 1.33 bits per heavy atom. The first kappa shape index (κ1) is 15.4. The monoisotopic (exact) mass is 290 g/mol. The maximum atomic E-state index is 12.4. The van der Waals surface area contributed by atoms with E-state index in [9.17, 15) is 14.7 Å². The van der Waals surface area contributed by atoms with Gasteiger partial charge in [-0.1, -0.05) is 31.2 Å². The number of nitrogens with zero attached hydrogens (tertiary/aromatic N) is 1. The van der Waals surface area contributed by atoms with Crippen molar-refractivity contribution in [3.63, 3.8) is 0 Å². The number of urea groups is 1. The summed E-state index contributed by atoms with van der Waals surface area (Å²) >= 11 is 0. The number of carbonyl (C=O) groups excluding carboxylic acids is 1. The minimum absolute atomic E-state index is 0.316. The second-order valence-electron chi connectivity index (χ2n) is 6.12. The molecule has 0 spiro atoms. The van der Waals surface area contributed by atoms with E-state index in [1.54, 1.807) is 0 Å². The number of carbonyl (C=O) groups is 2. The molecule has 5 heteroatoms. The molecule has 1 aliphatic heterocycles. The minimum atomic E-state index is -0.964. The highest BCUT2D eigenvalue weighted by Gasteiger charge is 2.35. The van der Waals surface area contributed by atoms with Gasteiger partial charge in [0.1, 0.15) is 6.04 Å². The van der Waals surface area contributed by atoms with Gasteiger partial charge in [0.25, 0.3) is 0 Å². The van der Waals surface area contributed by atoms with Gasteiger partial charge in [0, 0.05) is 18.5 Å². The number of carboxylic acids is 1. The zero-order chi connectivity index (χ0) is 15.6. The Balaban J connectivity index is 2.24. The van der Waals surface area contributed by atoms with Crippen LogP contribution in [0.25, 0.3) is 0 Å².